The molecule has 1 aliphatic heterocycles. The van der Waals surface area contributed by atoms with E-state index in [2.05, 4.69) is 32.5 Å². The first-order valence-electron chi connectivity index (χ1n) is 12.3. The van der Waals surface area contributed by atoms with Gasteiger partial charge in [-0.15, -0.1) is 0 Å². The number of hydrogen-bond donors (Lipinski definition) is 3. The van der Waals surface area contributed by atoms with E-state index < -0.39 is 17.6 Å². The molecule has 0 bridgehead atoms. The Hall–Kier alpha value is -3.41. The number of halogens is 3. The second kappa shape index (κ2) is 10.9. The number of carbonyl (C=O) groups is 2. The topological polar surface area (TPSA) is 116 Å². The third kappa shape index (κ3) is 6.48. The molecule has 1 aromatic carbocycles. The first kappa shape index (κ1) is 26.6. The molecule has 2 amide bonds. The van der Waals surface area contributed by atoms with E-state index in [9.17, 15) is 22.8 Å². The van der Waals surface area contributed by atoms with Crippen LogP contribution in [0.3, 0.4) is 0 Å². The summed E-state index contributed by atoms with van der Waals surface area (Å²) in [5, 5.41) is 5.73. The van der Waals surface area contributed by atoms with Crippen molar-refractivity contribution in [3.8, 4) is 0 Å². The molecule has 1 aliphatic carbocycles. The molecular formula is C25H32F3N7O2. The standard InChI is InChI=1S/C25H32F3N7O2/c1-34-11-9-19(10-12-34)35(2)23(37)15-3-6-17(7-4-15)32-24-30-14-20(25(26,27)28)22(33-24)31-18-8-5-16(13-18)21(29)36/h3-4,6-7,14,16,18-19H,5,8-13H2,1-2H3,(H2,29,36)(H2,30,31,32,33)/t16-,18+/m1/s1. The average molecular weight is 520 g/mol. The minimum atomic E-state index is -4.65. The summed E-state index contributed by atoms with van der Waals surface area (Å²) in [5.74, 6) is -1.28. The summed E-state index contributed by atoms with van der Waals surface area (Å²) < 4.78 is 40.7. The molecule has 0 unspecified atom stereocenters. The molecule has 4 rings (SSSR count). The summed E-state index contributed by atoms with van der Waals surface area (Å²) in [4.78, 5) is 36.3. The number of aromatic nitrogens is 2. The van der Waals surface area contributed by atoms with Crippen LogP contribution in [0.2, 0.25) is 0 Å². The van der Waals surface area contributed by atoms with Crippen molar-refractivity contribution < 1.29 is 22.8 Å². The van der Waals surface area contributed by atoms with Gasteiger partial charge in [-0.2, -0.15) is 18.2 Å². The molecule has 0 radical (unpaired) electrons. The van der Waals surface area contributed by atoms with Gasteiger partial charge >= 0.3 is 6.18 Å². The maximum absolute atomic E-state index is 13.6. The second-order valence-electron chi connectivity index (χ2n) is 9.86. The van der Waals surface area contributed by atoms with Gasteiger partial charge in [-0.05, 0) is 76.5 Å². The number of rotatable bonds is 7. The van der Waals surface area contributed by atoms with Crippen molar-refractivity contribution in [2.75, 3.05) is 37.8 Å². The number of likely N-dealkylation sites (tertiary alicyclic amines) is 1. The van der Waals surface area contributed by atoms with Gasteiger partial charge in [0.05, 0.1) is 0 Å². The fourth-order valence-electron chi connectivity index (χ4n) is 4.90. The molecule has 2 atom stereocenters. The Morgan fingerprint density at radius 2 is 1.78 bits per heavy atom. The van der Waals surface area contributed by atoms with Gasteiger partial charge in [0.15, 0.2) is 0 Å². The van der Waals surface area contributed by atoms with Crippen LogP contribution < -0.4 is 16.4 Å². The zero-order chi connectivity index (χ0) is 26.7. The molecule has 2 fully saturated rings. The quantitative estimate of drug-likeness (QED) is 0.513. The van der Waals surface area contributed by atoms with Crippen LogP contribution in [0.1, 0.15) is 48.0 Å². The van der Waals surface area contributed by atoms with Gasteiger partial charge in [-0.1, -0.05) is 0 Å². The third-order valence-corrected chi connectivity index (χ3v) is 7.21. The zero-order valence-electron chi connectivity index (χ0n) is 20.9. The van der Waals surface area contributed by atoms with Crippen LogP contribution in [0.5, 0.6) is 0 Å². The molecule has 1 saturated carbocycles. The number of nitrogens with one attached hydrogen (secondary N) is 2. The fourth-order valence-corrected chi connectivity index (χ4v) is 4.90. The number of benzene rings is 1. The lowest BCUT2D eigenvalue weighted by Gasteiger charge is -2.35. The molecule has 2 aromatic rings. The third-order valence-electron chi connectivity index (χ3n) is 7.21. The zero-order valence-corrected chi connectivity index (χ0v) is 20.9. The SMILES string of the molecule is CN1CCC(N(C)C(=O)c2ccc(Nc3ncc(C(F)(F)F)c(N[C@H]4CC[C@@H](C(N)=O)C4)n3)cc2)CC1. The summed E-state index contributed by atoms with van der Waals surface area (Å²) in [6.45, 7) is 1.89. The Morgan fingerprint density at radius 1 is 1.11 bits per heavy atom. The largest absolute Gasteiger partial charge is 0.421 e. The number of nitrogens with zero attached hydrogens (tertiary/aromatic N) is 4. The minimum Gasteiger partial charge on any atom is -0.369 e. The highest BCUT2D eigenvalue weighted by molar-refractivity contribution is 5.94. The van der Waals surface area contributed by atoms with Crippen LogP contribution in [0, 0.1) is 5.92 Å². The number of anilines is 3. The van der Waals surface area contributed by atoms with E-state index in [1.165, 1.54) is 0 Å². The number of alkyl halides is 3. The first-order valence-corrected chi connectivity index (χ1v) is 12.3. The number of carbonyl (C=O) groups excluding carboxylic acids is 2. The Morgan fingerprint density at radius 3 is 2.38 bits per heavy atom. The Kier molecular flexibility index (Phi) is 7.86. The lowest BCUT2D eigenvalue weighted by molar-refractivity contribution is -0.137. The second-order valence-corrected chi connectivity index (χ2v) is 9.86. The van der Waals surface area contributed by atoms with Crippen molar-refractivity contribution in [2.24, 2.45) is 11.7 Å². The average Bonchev–Trinajstić information content (AvgIpc) is 3.32. The summed E-state index contributed by atoms with van der Waals surface area (Å²) in [6.07, 6.45) is -0.701. The van der Waals surface area contributed by atoms with Crippen molar-refractivity contribution in [3.05, 3.63) is 41.6 Å². The molecule has 1 saturated heterocycles. The molecule has 9 nitrogen and oxygen atoms in total. The van der Waals surface area contributed by atoms with E-state index in [0.717, 1.165) is 32.1 Å². The van der Waals surface area contributed by atoms with E-state index in [-0.39, 0.29) is 35.7 Å². The fraction of sp³-hybridized carbons (Fsp3) is 0.520. The molecule has 2 aliphatic rings. The van der Waals surface area contributed by atoms with Crippen LogP contribution in [0.25, 0.3) is 0 Å². The van der Waals surface area contributed by atoms with Gasteiger partial charge in [0.1, 0.15) is 11.4 Å². The van der Waals surface area contributed by atoms with E-state index in [1.807, 2.05) is 7.05 Å². The summed E-state index contributed by atoms with van der Waals surface area (Å²) >= 11 is 0. The van der Waals surface area contributed by atoms with Crippen molar-refractivity contribution in [1.29, 1.82) is 0 Å². The number of nitrogens with two attached hydrogens (primary N) is 1. The van der Waals surface area contributed by atoms with Gasteiger partial charge in [0.25, 0.3) is 5.91 Å². The lowest BCUT2D eigenvalue weighted by Crippen LogP contribution is -2.44. The minimum absolute atomic E-state index is 0.0255. The van der Waals surface area contributed by atoms with Crippen molar-refractivity contribution in [2.45, 2.75) is 50.4 Å². The monoisotopic (exact) mass is 519 g/mol. The molecule has 12 heteroatoms. The molecule has 0 spiro atoms. The van der Waals surface area contributed by atoms with E-state index in [4.69, 9.17) is 5.73 Å². The van der Waals surface area contributed by atoms with Gasteiger partial charge in [-0.25, -0.2) is 4.98 Å². The normalized spacial score (nSPS) is 21.0. The predicted octanol–water partition coefficient (Wildman–Crippen LogP) is 3.47. The molecule has 2 heterocycles. The lowest BCUT2D eigenvalue weighted by atomic mass is 10.0. The number of primary amides is 1. The highest BCUT2D eigenvalue weighted by atomic mass is 19.4. The maximum Gasteiger partial charge on any atom is 0.421 e. The number of hydrogen-bond acceptors (Lipinski definition) is 7. The van der Waals surface area contributed by atoms with Crippen LogP contribution >= 0.6 is 0 Å². The molecule has 37 heavy (non-hydrogen) atoms. The van der Waals surface area contributed by atoms with Gasteiger partial charge < -0.3 is 26.2 Å². The Bertz CT molecular complexity index is 1120. The maximum atomic E-state index is 13.6. The Balaban J connectivity index is 1.45. The first-order chi connectivity index (χ1) is 17.5. The summed E-state index contributed by atoms with van der Waals surface area (Å²) in [5.41, 5.74) is 5.40. The molecule has 200 valence electrons. The highest BCUT2D eigenvalue weighted by Crippen LogP contribution is 2.36. The predicted molar refractivity (Wildman–Crippen MR) is 133 cm³/mol. The van der Waals surface area contributed by atoms with Crippen molar-refractivity contribution in [1.82, 2.24) is 19.8 Å². The van der Waals surface area contributed by atoms with E-state index in [0.29, 0.717) is 30.5 Å². The highest BCUT2D eigenvalue weighted by Gasteiger charge is 2.37. The smallest absolute Gasteiger partial charge is 0.369 e. The van der Waals surface area contributed by atoms with Crippen molar-refractivity contribution in [3.63, 3.8) is 0 Å². The van der Waals surface area contributed by atoms with Crippen molar-refractivity contribution >= 4 is 29.3 Å². The molecule has 4 N–H and O–H groups in total. The van der Waals surface area contributed by atoms with Crippen LogP contribution in [-0.4, -0.2) is 70.9 Å². The van der Waals surface area contributed by atoms with Crippen LogP contribution in [0.15, 0.2) is 30.5 Å². The van der Waals surface area contributed by atoms with E-state index in [1.54, 1.807) is 29.2 Å². The van der Waals surface area contributed by atoms with E-state index >= 15 is 0 Å². The molecular weight excluding hydrogens is 487 g/mol. The van der Waals surface area contributed by atoms with Gasteiger partial charge in [0.2, 0.25) is 11.9 Å². The van der Waals surface area contributed by atoms with Gasteiger partial charge in [-0.3, -0.25) is 9.59 Å². The van der Waals surface area contributed by atoms with Crippen LogP contribution in [-0.2, 0) is 11.0 Å². The number of piperidine rings is 1. The Labute approximate surface area is 213 Å². The number of amides is 2. The summed E-state index contributed by atoms with van der Waals surface area (Å²) in [6, 6.07) is 6.50. The molecule has 1 aromatic heterocycles. The van der Waals surface area contributed by atoms with Gasteiger partial charge in [0, 0.05) is 42.5 Å². The summed E-state index contributed by atoms with van der Waals surface area (Å²) in [7, 11) is 3.88. The van der Waals surface area contributed by atoms with Crippen LogP contribution in [0.4, 0.5) is 30.6 Å².